The smallest absolute Gasteiger partial charge is 0.368 e. The van der Waals surface area contributed by atoms with Crippen molar-refractivity contribution >= 4 is 81.8 Å². The maximum absolute atomic E-state index is 13.9. The summed E-state index contributed by atoms with van der Waals surface area (Å²) in [6, 6.07) is 19.1. The van der Waals surface area contributed by atoms with Crippen molar-refractivity contribution in [2.75, 3.05) is 62.2 Å². The van der Waals surface area contributed by atoms with Gasteiger partial charge in [0.1, 0.15) is 6.04 Å². The average molecular weight is 959 g/mol. The van der Waals surface area contributed by atoms with Crippen molar-refractivity contribution in [2.45, 2.75) is 82.3 Å². The molecule has 5 aromatic rings. The Balaban J connectivity index is 0.000000186. The first-order valence-corrected chi connectivity index (χ1v) is 25.0. The molecule has 4 saturated heterocycles. The highest BCUT2D eigenvalue weighted by Gasteiger charge is 2.53. The van der Waals surface area contributed by atoms with Gasteiger partial charge in [-0.3, -0.25) is 33.9 Å². The Morgan fingerprint density at radius 1 is 0.925 bits per heavy atom. The van der Waals surface area contributed by atoms with Crippen LogP contribution in [0.5, 0.6) is 0 Å². The van der Waals surface area contributed by atoms with Crippen LogP contribution < -0.4 is 20.8 Å². The number of piperidine rings is 1. The van der Waals surface area contributed by atoms with Crippen molar-refractivity contribution < 1.29 is 42.2 Å². The molecule has 19 heteroatoms. The summed E-state index contributed by atoms with van der Waals surface area (Å²) in [5.41, 5.74) is 0.134. The van der Waals surface area contributed by atoms with E-state index >= 15 is 0 Å². The van der Waals surface area contributed by atoms with Crippen molar-refractivity contribution in [1.82, 2.24) is 24.7 Å². The van der Waals surface area contributed by atoms with Gasteiger partial charge in [-0.1, -0.05) is 31.9 Å². The third-order valence-electron chi connectivity index (χ3n) is 13.4. The van der Waals surface area contributed by atoms with Crippen LogP contribution in [0.2, 0.25) is 0 Å². The van der Waals surface area contributed by atoms with Gasteiger partial charge in [0, 0.05) is 93.1 Å². The number of nitrogens with one attached hydrogen (secondary N) is 2. The number of piperazine rings is 1. The second-order valence-corrected chi connectivity index (χ2v) is 20.0. The lowest BCUT2D eigenvalue weighted by molar-refractivity contribution is -0.136. The highest BCUT2D eigenvalue weighted by atomic mass is 32.1. The van der Waals surface area contributed by atoms with Crippen molar-refractivity contribution in [1.29, 1.82) is 0 Å². The topological polar surface area (TPSA) is 185 Å². The first-order valence-electron chi connectivity index (χ1n) is 23.0. The number of unbranched alkanes of at least 4 members (excludes halogenated alkanes) is 1. The largest absolute Gasteiger partial charge is 0.589 e. The van der Waals surface area contributed by atoms with Crippen LogP contribution in [0.15, 0.2) is 71.5 Å². The Morgan fingerprint density at radius 3 is 2.33 bits per heavy atom. The van der Waals surface area contributed by atoms with Gasteiger partial charge < -0.3 is 24.6 Å². The Kier molecular flexibility index (Phi) is 14.6. The predicted molar refractivity (Wildman–Crippen MR) is 253 cm³/mol. The van der Waals surface area contributed by atoms with E-state index in [9.17, 15) is 42.1 Å². The zero-order valence-electron chi connectivity index (χ0n) is 37.3. The molecule has 67 heavy (non-hydrogen) atoms. The van der Waals surface area contributed by atoms with Crippen LogP contribution in [0.25, 0.3) is 21.1 Å². The van der Waals surface area contributed by atoms with Crippen LogP contribution in [0.4, 0.5) is 20.2 Å². The number of imide groups is 1. The van der Waals surface area contributed by atoms with Crippen molar-refractivity contribution in [2.24, 2.45) is 5.92 Å². The molecule has 354 valence electrons. The van der Waals surface area contributed by atoms with Gasteiger partial charge in [0.25, 0.3) is 0 Å². The standard InChI is InChI=1S/C27H30N6O4.C21H24F2NO4PS/c34-17-30-9-8-19(16-30)18-2-1-3-20(14-18)31-10-12-32(13-11-31)21-4-5-23-22(15-21)28-27(37)33(23)24-6-7-25(35)29-26(24)36;1-2-3-6-14(20(26)24-9-4-5-10-24)12-17(25)19-13-15-11-16(7-8-18(15)30-19)21(22,23)29(27)28/h1-5,14-15,17,19,24H,6-13,16H2,(H,28,37)(H,29,35,36);7-8,11,13-14H,2-6,9-10,12H2,1H3/p+1/t;14-/m.1/s1. The number of alkyl halides is 2. The molecule has 2 aromatic heterocycles. The minimum absolute atomic E-state index is 0.0316. The number of benzene rings is 3. The van der Waals surface area contributed by atoms with E-state index in [0.717, 1.165) is 109 Å². The summed E-state index contributed by atoms with van der Waals surface area (Å²) in [5.74, 6) is -0.842. The van der Waals surface area contributed by atoms with Gasteiger partial charge in [0.05, 0.1) is 21.5 Å². The highest BCUT2D eigenvalue weighted by Crippen LogP contribution is 2.48. The summed E-state index contributed by atoms with van der Waals surface area (Å²) >= 11 is 1.19. The highest BCUT2D eigenvalue weighted by molar-refractivity contribution is 7.39. The zero-order valence-corrected chi connectivity index (χ0v) is 39.0. The molecule has 4 fully saturated rings. The lowest BCUT2D eigenvalue weighted by Gasteiger charge is -2.37. The molecule has 0 aliphatic carbocycles. The molecule has 4 atom stereocenters. The quantitative estimate of drug-likeness (QED) is 0.0443. The molecule has 15 nitrogen and oxygen atoms in total. The Hall–Kier alpha value is -5.84. The van der Waals surface area contributed by atoms with E-state index in [1.54, 1.807) is 0 Å². The van der Waals surface area contributed by atoms with E-state index in [1.807, 2.05) is 34.9 Å². The monoisotopic (exact) mass is 958 g/mol. The summed E-state index contributed by atoms with van der Waals surface area (Å²) in [6.45, 7) is 8.57. The molecule has 0 spiro atoms. The molecule has 6 heterocycles. The number of imidazole rings is 1. The number of carbonyl (C=O) groups excluding carboxylic acids is 5. The molecular formula is C48H55F2N7O8PS+. The number of ketones is 1. The number of H-pyrrole nitrogens is 1. The second kappa shape index (κ2) is 20.6. The van der Waals surface area contributed by atoms with Crippen molar-refractivity contribution in [3.05, 3.63) is 93.2 Å². The second-order valence-electron chi connectivity index (χ2n) is 17.8. The third kappa shape index (κ3) is 10.5. The van der Waals surface area contributed by atoms with E-state index in [0.29, 0.717) is 44.8 Å². The molecule has 0 bridgehead atoms. The Labute approximate surface area is 390 Å². The van der Waals surface area contributed by atoms with Gasteiger partial charge in [-0.15, -0.1) is 20.1 Å². The number of aromatic nitrogens is 2. The zero-order chi connectivity index (χ0) is 47.4. The van der Waals surface area contributed by atoms with E-state index in [4.69, 9.17) is 4.89 Å². The number of carbonyl (C=O) groups is 5. The summed E-state index contributed by atoms with van der Waals surface area (Å²) in [7, 11) is -3.70. The molecule has 9 rings (SSSR count). The van der Waals surface area contributed by atoms with Crippen LogP contribution in [0.1, 0.15) is 97.5 Å². The van der Waals surface area contributed by atoms with Gasteiger partial charge in [0.2, 0.25) is 24.1 Å². The number of thiophene rings is 1. The van der Waals surface area contributed by atoms with Gasteiger partial charge in [0.15, 0.2) is 5.78 Å². The number of halogens is 2. The van der Waals surface area contributed by atoms with Crippen LogP contribution in [-0.2, 0) is 29.4 Å². The predicted octanol–water partition coefficient (Wildman–Crippen LogP) is 7.27. The Morgan fingerprint density at radius 2 is 1.66 bits per heavy atom. The number of likely N-dealkylation sites (tertiary alicyclic amines) is 2. The van der Waals surface area contributed by atoms with Crippen LogP contribution >= 0.6 is 19.4 Å². The maximum Gasteiger partial charge on any atom is 0.589 e. The van der Waals surface area contributed by atoms with E-state index in [1.165, 1.54) is 39.3 Å². The number of Topliss-reactive ketones (excluding diaryl/α,β-unsaturated/α-hetero) is 1. The number of rotatable bonds is 14. The normalized spacial score (nSPS) is 19.7. The number of hydrogen-bond donors (Lipinski definition) is 3. The lowest BCUT2D eigenvalue weighted by atomic mass is 9.94. The van der Waals surface area contributed by atoms with E-state index in [-0.39, 0.29) is 42.0 Å². The van der Waals surface area contributed by atoms with Crippen molar-refractivity contribution in [3.63, 3.8) is 0 Å². The molecule has 3 unspecified atom stereocenters. The fourth-order valence-electron chi connectivity index (χ4n) is 9.67. The van der Waals surface area contributed by atoms with Gasteiger partial charge >= 0.3 is 19.4 Å². The summed E-state index contributed by atoms with van der Waals surface area (Å²) in [6.07, 6.45) is 7.03. The minimum Gasteiger partial charge on any atom is -0.368 e. The molecule has 4 aliphatic heterocycles. The van der Waals surface area contributed by atoms with Crippen LogP contribution in [0, 0.1) is 5.92 Å². The number of hydrogen-bond acceptors (Lipinski definition) is 10. The van der Waals surface area contributed by atoms with Crippen LogP contribution in [0.3, 0.4) is 0 Å². The number of fused-ring (bicyclic) bond motifs is 2. The number of amides is 4. The number of nitrogens with zero attached hydrogens (tertiary/aromatic N) is 5. The number of anilines is 2. The number of aromatic amines is 1. The summed E-state index contributed by atoms with van der Waals surface area (Å²) in [5, 5.41) is 2.76. The molecule has 4 amide bonds. The molecular weight excluding hydrogens is 904 g/mol. The van der Waals surface area contributed by atoms with E-state index < -0.39 is 31.2 Å². The molecule has 4 aliphatic rings. The maximum atomic E-state index is 13.9. The molecule has 3 N–H and O–H groups in total. The molecule has 0 radical (unpaired) electrons. The minimum atomic E-state index is -3.84. The van der Waals surface area contributed by atoms with Crippen LogP contribution in [-0.4, -0.2) is 107 Å². The van der Waals surface area contributed by atoms with Gasteiger partial charge in [-0.05, 0) is 102 Å². The van der Waals surface area contributed by atoms with Crippen molar-refractivity contribution in [3.8, 4) is 0 Å². The average Bonchev–Trinajstić information content (AvgIpc) is 4.17. The first kappa shape index (κ1) is 47.6. The summed E-state index contributed by atoms with van der Waals surface area (Å²) in [4.78, 5) is 94.0. The summed E-state index contributed by atoms with van der Waals surface area (Å²) < 4.78 is 40.8. The lowest BCUT2D eigenvalue weighted by Crippen LogP contribution is -2.46. The SMILES string of the molecule is CCCC[C@H](CC(=O)c1cc2cc(C(F)(F)[P+](=O)O)ccc2s1)C(=O)N1CCCC1.O=CN1CCC(c2cccc(N3CCN(c4ccc5c(c4)[nH]c(=O)n5C4CCC(=O)NC4=O)CC3)c2)C1. The first-order chi connectivity index (χ1) is 32.2. The molecule has 3 aromatic carbocycles. The fourth-order valence-corrected chi connectivity index (χ4v) is 11.0. The third-order valence-corrected chi connectivity index (χ3v) is 15.3. The van der Waals surface area contributed by atoms with Gasteiger partial charge in [-0.25, -0.2) is 4.79 Å². The molecule has 0 saturated carbocycles. The van der Waals surface area contributed by atoms with E-state index in [2.05, 4.69) is 44.4 Å². The fraction of sp³-hybridized carbons (Fsp3) is 0.458. The Bertz CT molecular complexity index is 2740. The van der Waals surface area contributed by atoms with Gasteiger partial charge in [-0.2, -0.15) is 4.89 Å².